The third-order valence-electron chi connectivity index (χ3n) is 11.0. The minimum atomic E-state index is -5.14. The second-order valence-corrected chi connectivity index (χ2v) is 17.8. The second kappa shape index (κ2) is 34.4. The van der Waals surface area contributed by atoms with Crippen LogP contribution in [0.25, 0.3) is 0 Å². The summed E-state index contributed by atoms with van der Waals surface area (Å²) in [4.78, 5) is 23.4. The van der Waals surface area contributed by atoms with Crippen molar-refractivity contribution in [2.45, 2.75) is 242 Å². The van der Waals surface area contributed by atoms with E-state index in [4.69, 9.17) is 9.05 Å². The van der Waals surface area contributed by atoms with E-state index in [-0.39, 0.29) is 6.42 Å². The van der Waals surface area contributed by atoms with Crippen LogP contribution in [0.15, 0.2) is 24.3 Å². The Labute approximate surface area is 350 Å². The van der Waals surface area contributed by atoms with Gasteiger partial charge in [-0.05, 0) is 32.1 Å². The predicted molar refractivity (Wildman–Crippen MR) is 229 cm³/mol. The summed E-state index contributed by atoms with van der Waals surface area (Å²) < 4.78 is 22.8. The maximum absolute atomic E-state index is 13.0. The first kappa shape index (κ1) is 54.8. The largest absolute Gasteiger partial charge is 0.472 e. The Morgan fingerprint density at radius 2 is 1.02 bits per heavy atom. The minimum Gasteiger partial charge on any atom is -0.393 e. The van der Waals surface area contributed by atoms with Gasteiger partial charge >= 0.3 is 7.82 Å². The number of amides is 1. The first-order chi connectivity index (χ1) is 27.8. The Morgan fingerprint density at radius 1 is 0.603 bits per heavy atom. The van der Waals surface area contributed by atoms with E-state index in [2.05, 4.69) is 31.3 Å². The van der Waals surface area contributed by atoms with E-state index in [1.165, 1.54) is 115 Å². The van der Waals surface area contributed by atoms with Crippen LogP contribution >= 0.6 is 7.82 Å². The standard InChI is InChI=1S/C44H84NO12P/c1-3-5-7-9-11-13-15-16-17-18-19-20-22-24-26-28-30-32-37(47)36(34-56-58(54,55)57-44-42(52)40(50)39(49)41(51)43(44)53)45-38(48)33-35(46)31-29-27-25-23-21-14-12-10-8-6-4-2/h22,24,30,32,35-37,39-44,46-47,49-53H,3-21,23,25-29,31,33-34H2,1-2H3,(H,45,48)(H,54,55)/b24-22+,32-30+. The number of unbranched alkanes of at least 4 members (excludes halogenated alkanes) is 22. The van der Waals surface area contributed by atoms with Crippen molar-refractivity contribution in [3.63, 3.8) is 0 Å². The third kappa shape index (κ3) is 26.2. The predicted octanol–water partition coefficient (Wildman–Crippen LogP) is 7.20. The van der Waals surface area contributed by atoms with E-state index in [0.29, 0.717) is 12.8 Å². The number of nitrogens with one attached hydrogen (secondary N) is 1. The Kier molecular flexibility index (Phi) is 32.5. The van der Waals surface area contributed by atoms with Gasteiger partial charge in [-0.15, -0.1) is 0 Å². The number of phosphoric ester groups is 1. The van der Waals surface area contributed by atoms with E-state index in [1.54, 1.807) is 6.08 Å². The number of rotatable bonds is 37. The number of carbonyl (C=O) groups excluding carboxylic acids is 1. The number of aliphatic hydroxyl groups is 7. The van der Waals surface area contributed by atoms with E-state index in [0.717, 1.165) is 44.9 Å². The normalized spacial score (nSPS) is 24.0. The molecule has 0 aliphatic heterocycles. The second-order valence-electron chi connectivity index (χ2n) is 16.4. The van der Waals surface area contributed by atoms with Gasteiger partial charge in [0.2, 0.25) is 5.91 Å². The highest BCUT2D eigenvalue weighted by Gasteiger charge is 2.51. The third-order valence-corrected chi connectivity index (χ3v) is 12.0. The van der Waals surface area contributed by atoms with Crippen molar-refractivity contribution in [2.24, 2.45) is 0 Å². The summed E-state index contributed by atoms with van der Waals surface area (Å²) in [5.74, 6) is -0.603. The lowest BCUT2D eigenvalue weighted by Crippen LogP contribution is -2.64. The fourth-order valence-electron chi connectivity index (χ4n) is 7.26. The van der Waals surface area contributed by atoms with Crippen LogP contribution in [0.3, 0.4) is 0 Å². The summed E-state index contributed by atoms with van der Waals surface area (Å²) in [5.41, 5.74) is 0. The Hall–Kier alpha value is -1.22. The van der Waals surface area contributed by atoms with Crippen molar-refractivity contribution in [2.75, 3.05) is 6.61 Å². The van der Waals surface area contributed by atoms with Gasteiger partial charge in [-0.1, -0.05) is 173 Å². The maximum Gasteiger partial charge on any atom is 0.472 e. The molecule has 0 aromatic rings. The Balaban J connectivity index is 2.60. The van der Waals surface area contributed by atoms with Crippen LogP contribution in [0, 0.1) is 0 Å². The molecule has 342 valence electrons. The Morgan fingerprint density at radius 3 is 1.52 bits per heavy atom. The van der Waals surface area contributed by atoms with Gasteiger partial charge in [0, 0.05) is 0 Å². The zero-order valence-electron chi connectivity index (χ0n) is 36.0. The van der Waals surface area contributed by atoms with Gasteiger partial charge < -0.3 is 46.0 Å². The zero-order chi connectivity index (χ0) is 43.0. The summed E-state index contributed by atoms with van der Waals surface area (Å²) in [7, 11) is -5.14. The topological polar surface area (TPSA) is 226 Å². The molecule has 58 heavy (non-hydrogen) atoms. The van der Waals surface area contributed by atoms with Crippen LogP contribution < -0.4 is 5.32 Å². The molecule has 14 heteroatoms. The first-order valence-corrected chi connectivity index (χ1v) is 24.4. The number of allylic oxidation sites excluding steroid dienone is 3. The lowest BCUT2D eigenvalue weighted by atomic mass is 9.85. The summed E-state index contributed by atoms with van der Waals surface area (Å²) in [6, 6.07) is -1.25. The summed E-state index contributed by atoms with van der Waals surface area (Å²) >= 11 is 0. The molecule has 0 radical (unpaired) electrons. The first-order valence-electron chi connectivity index (χ1n) is 22.9. The average Bonchev–Trinajstić information content (AvgIpc) is 3.19. The smallest absolute Gasteiger partial charge is 0.393 e. The zero-order valence-corrected chi connectivity index (χ0v) is 36.9. The fourth-order valence-corrected chi connectivity index (χ4v) is 8.22. The van der Waals surface area contributed by atoms with Gasteiger partial charge in [0.25, 0.3) is 0 Å². The number of hydrogen-bond acceptors (Lipinski definition) is 11. The molecule has 13 nitrogen and oxygen atoms in total. The molecular formula is C44H84NO12P. The van der Waals surface area contributed by atoms with Gasteiger partial charge in [-0.3, -0.25) is 13.8 Å². The molecule has 0 spiro atoms. The van der Waals surface area contributed by atoms with Gasteiger partial charge in [0.1, 0.15) is 36.6 Å². The molecule has 1 amide bonds. The van der Waals surface area contributed by atoms with Gasteiger partial charge in [-0.2, -0.15) is 0 Å². The van der Waals surface area contributed by atoms with Crippen LogP contribution in [0.1, 0.15) is 187 Å². The molecule has 8 atom stereocenters. The van der Waals surface area contributed by atoms with Crippen LogP contribution in [0.2, 0.25) is 0 Å². The van der Waals surface area contributed by atoms with Crippen molar-refractivity contribution < 1.29 is 59.0 Å². The monoisotopic (exact) mass is 850 g/mol. The molecule has 1 fully saturated rings. The molecule has 0 aromatic heterocycles. The Bertz CT molecular complexity index is 1100. The van der Waals surface area contributed by atoms with Gasteiger partial charge in [-0.25, -0.2) is 4.57 Å². The SMILES string of the molecule is CCCCCCCCCCCCC/C=C/CC/C=C/C(O)C(COP(=O)(O)OC1C(O)C(O)C(O)C(O)C1O)NC(=O)CC(O)CCCCCCCCCCCCC. The minimum absolute atomic E-state index is 0.250. The molecule has 1 aliphatic carbocycles. The van der Waals surface area contributed by atoms with Crippen molar-refractivity contribution in [3.8, 4) is 0 Å². The van der Waals surface area contributed by atoms with Crippen molar-refractivity contribution in [1.29, 1.82) is 0 Å². The number of aliphatic hydroxyl groups excluding tert-OH is 7. The van der Waals surface area contributed by atoms with E-state index >= 15 is 0 Å². The maximum atomic E-state index is 13.0. The molecule has 9 N–H and O–H groups in total. The molecule has 8 unspecified atom stereocenters. The molecule has 0 bridgehead atoms. The molecule has 0 saturated heterocycles. The molecule has 0 aromatic carbocycles. The lowest BCUT2D eigenvalue weighted by molar-refractivity contribution is -0.220. The lowest BCUT2D eigenvalue weighted by Gasteiger charge is -2.41. The van der Waals surface area contributed by atoms with Crippen molar-refractivity contribution in [3.05, 3.63) is 24.3 Å². The number of phosphoric acid groups is 1. The van der Waals surface area contributed by atoms with Gasteiger partial charge in [0.15, 0.2) is 0 Å². The summed E-state index contributed by atoms with van der Waals surface area (Å²) in [5, 5.41) is 74.3. The van der Waals surface area contributed by atoms with E-state index < -0.39 is 75.2 Å². The number of carbonyl (C=O) groups is 1. The molecule has 1 saturated carbocycles. The van der Waals surface area contributed by atoms with Crippen molar-refractivity contribution >= 4 is 13.7 Å². The van der Waals surface area contributed by atoms with Crippen LogP contribution in [-0.4, -0.2) is 108 Å². The van der Waals surface area contributed by atoms with Crippen LogP contribution in [-0.2, 0) is 18.4 Å². The summed E-state index contributed by atoms with van der Waals surface area (Å²) in [6.45, 7) is 3.71. The van der Waals surface area contributed by atoms with Crippen molar-refractivity contribution in [1.82, 2.24) is 5.32 Å². The van der Waals surface area contributed by atoms with Crippen LogP contribution in [0.5, 0.6) is 0 Å². The highest BCUT2D eigenvalue weighted by Crippen LogP contribution is 2.47. The quantitative estimate of drug-likeness (QED) is 0.0172. The fraction of sp³-hybridized carbons (Fsp3) is 0.886. The molecular weight excluding hydrogens is 765 g/mol. The van der Waals surface area contributed by atoms with Crippen LogP contribution in [0.4, 0.5) is 0 Å². The summed E-state index contributed by atoms with van der Waals surface area (Å²) in [6.07, 6.45) is 22.8. The van der Waals surface area contributed by atoms with Gasteiger partial charge in [0.05, 0.1) is 31.3 Å². The average molecular weight is 850 g/mol. The van der Waals surface area contributed by atoms with E-state index in [1.807, 2.05) is 0 Å². The highest BCUT2D eigenvalue weighted by atomic mass is 31.2. The number of hydrogen-bond donors (Lipinski definition) is 9. The van der Waals surface area contributed by atoms with E-state index in [9.17, 15) is 50.0 Å². The molecule has 1 rings (SSSR count). The molecule has 0 heterocycles. The highest BCUT2D eigenvalue weighted by molar-refractivity contribution is 7.47. The molecule has 1 aliphatic rings.